The monoisotopic (exact) mass is 238 g/mol. The van der Waals surface area contributed by atoms with Crippen LogP contribution in [0.2, 0.25) is 0 Å². The number of rotatable bonds is 5. The standard InChI is InChI=1S/C10H14N4O3/c1-7(15)3-9(16)13-8-4-12-14(5-8)6-10(17)11-2/h4-5H,3,6H2,1-2H3,(H,11,17)(H,13,16). The molecule has 2 amide bonds. The van der Waals surface area contributed by atoms with Gasteiger partial charge >= 0.3 is 0 Å². The minimum Gasteiger partial charge on any atom is -0.358 e. The number of carbonyl (C=O) groups is 3. The van der Waals surface area contributed by atoms with Crippen molar-refractivity contribution in [3.05, 3.63) is 12.4 Å². The number of likely N-dealkylation sites (N-methyl/N-ethyl adjacent to an activating group) is 1. The molecule has 17 heavy (non-hydrogen) atoms. The van der Waals surface area contributed by atoms with Gasteiger partial charge in [0.25, 0.3) is 0 Å². The van der Waals surface area contributed by atoms with Gasteiger partial charge in [-0.3, -0.25) is 19.1 Å². The highest BCUT2D eigenvalue weighted by atomic mass is 16.2. The predicted octanol–water partition coefficient (Wildman–Crippen LogP) is -0.453. The van der Waals surface area contributed by atoms with Gasteiger partial charge in [-0.05, 0) is 6.92 Å². The molecule has 0 aliphatic heterocycles. The lowest BCUT2D eigenvalue weighted by Crippen LogP contribution is -2.23. The lowest BCUT2D eigenvalue weighted by Gasteiger charge is -2.00. The number of amides is 2. The molecule has 0 saturated heterocycles. The first-order chi connectivity index (χ1) is 8.01. The Balaban J connectivity index is 2.53. The molecule has 1 rings (SSSR count). The molecule has 92 valence electrons. The maximum Gasteiger partial charge on any atom is 0.241 e. The van der Waals surface area contributed by atoms with Gasteiger partial charge in [-0.2, -0.15) is 5.10 Å². The fourth-order valence-electron chi connectivity index (χ4n) is 1.17. The summed E-state index contributed by atoms with van der Waals surface area (Å²) in [5.74, 6) is -0.785. The summed E-state index contributed by atoms with van der Waals surface area (Å²) < 4.78 is 1.39. The van der Waals surface area contributed by atoms with Gasteiger partial charge < -0.3 is 10.6 Å². The van der Waals surface area contributed by atoms with E-state index in [0.717, 1.165) is 0 Å². The van der Waals surface area contributed by atoms with Crippen molar-refractivity contribution in [2.75, 3.05) is 12.4 Å². The van der Waals surface area contributed by atoms with E-state index in [1.807, 2.05) is 0 Å². The van der Waals surface area contributed by atoms with E-state index in [0.29, 0.717) is 5.69 Å². The molecular formula is C10H14N4O3. The van der Waals surface area contributed by atoms with Crippen LogP contribution in [0.3, 0.4) is 0 Å². The highest BCUT2D eigenvalue weighted by Gasteiger charge is 2.08. The maximum atomic E-state index is 11.3. The average Bonchev–Trinajstić information content (AvgIpc) is 2.63. The van der Waals surface area contributed by atoms with Crippen LogP contribution in [0.25, 0.3) is 0 Å². The molecule has 0 fully saturated rings. The summed E-state index contributed by atoms with van der Waals surface area (Å²) in [5, 5.41) is 8.86. The predicted molar refractivity (Wildman–Crippen MR) is 60.2 cm³/mol. The number of hydrogen-bond donors (Lipinski definition) is 2. The normalized spacial score (nSPS) is 9.76. The number of nitrogens with one attached hydrogen (secondary N) is 2. The highest BCUT2D eigenvalue weighted by molar-refractivity contribution is 6.03. The number of anilines is 1. The van der Waals surface area contributed by atoms with E-state index < -0.39 is 5.91 Å². The molecule has 0 aromatic carbocycles. The molecule has 1 aromatic heterocycles. The second-order valence-electron chi connectivity index (χ2n) is 3.53. The zero-order valence-electron chi connectivity index (χ0n) is 9.69. The van der Waals surface area contributed by atoms with Crippen LogP contribution in [0.1, 0.15) is 13.3 Å². The Morgan fingerprint density at radius 1 is 1.35 bits per heavy atom. The van der Waals surface area contributed by atoms with Crippen LogP contribution in [0.15, 0.2) is 12.4 Å². The van der Waals surface area contributed by atoms with Crippen molar-refractivity contribution in [3.63, 3.8) is 0 Å². The van der Waals surface area contributed by atoms with E-state index in [1.54, 1.807) is 0 Å². The van der Waals surface area contributed by atoms with Crippen LogP contribution in [0, 0.1) is 0 Å². The molecule has 7 heteroatoms. The maximum absolute atomic E-state index is 11.3. The number of aromatic nitrogens is 2. The molecule has 0 spiro atoms. The van der Waals surface area contributed by atoms with E-state index in [4.69, 9.17) is 0 Å². The fourth-order valence-corrected chi connectivity index (χ4v) is 1.17. The largest absolute Gasteiger partial charge is 0.358 e. The summed E-state index contributed by atoms with van der Waals surface area (Å²) in [6.07, 6.45) is 2.77. The molecule has 1 heterocycles. The Hall–Kier alpha value is -2.18. The van der Waals surface area contributed by atoms with E-state index >= 15 is 0 Å². The molecule has 7 nitrogen and oxygen atoms in total. The van der Waals surface area contributed by atoms with Gasteiger partial charge in [0.05, 0.1) is 18.3 Å². The van der Waals surface area contributed by atoms with Crippen molar-refractivity contribution in [2.24, 2.45) is 0 Å². The summed E-state index contributed by atoms with van der Waals surface area (Å²) >= 11 is 0. The summed E-state index contributed by atoms with van der Waals surface area (Å²) in [4.78, 5) is 33.0. The molecule has 0 saturated carbocycles. The van der Waals surface area contributed by atoms with Gasteiger partial charge in [-0.25, -0.2) is 0 Å². The third-order valence-electron chi connectivity index (χ3n) is 1.91. The van der Waals surface area contributed by atoms with Crippen molar-refractivity contribution in [3.8, 4) is 0 Å². The Morgan fingerprint density at radius 3 is 2.65 bits per heavy atom. The Morgan fingerprint density at radius 2 is 2.06 bits per heavy atom. The molecule has 0 atom stereocenters. The molecule has 0 aliphatic carbocycles. The van der Waals surface area contributed by atoms with Crippen LogP contribution >= 0.6 is 0 Å². The van der Waals surface area contributed by atoms with Gasteiger partial charge in [0.1, 0.15) is 12.3 Å². The second-order valence-corrected chi connectivity index (χ2v) is 3.53. The average molecular weight is 238 g/mol. The van der Waals surface area contributed by atoms with Crippen molar-refractivity contribution >= 4 is 23.3 Å². The number of carbonyl (C=O) groups excluding carboxylic acids is 3. The van der Waals surface area contributed by atoms with Crippen LogP contribution in [-0.4, -0.2) is 34.4 Å². The van der Waals surface area contributed by atoms with E-state index in [-0.39, 0.29) is 24.7 Å². The molecule has 1 aromatic rings. The smallest absolute Gasteiger partial charge is 0.241 e. The third-order valence-corrected chi connectivity index (χ3v) is 1.91. The van der Waals surface area contributed by atoms with E-state index in [9.17, 15) is 14.4 Å². The summed E-state index contributed by atoms with van der Waals surface area (Å²) in [6.45, 7) is 1.42. The first kappa shape index (κ1) is 12.9. The topological polar surface area (TPSA) is 93.1 Å². The Kier molecular flexibility index (Phi) is 4.38. The molecule has 0 bridgehead atoms. The summed E-state index contributed by atoms with van der Waals surface area (Å²) in [7, 11) is 1.53. The molecule has 0 unspecified atom stereocenters. The van der Waals surface area contributed by atoms with E-state index in [2.05, 4.69) is 15.7 Å². The van der Waals surface area contributed by atoms with Crippen LogP contribution in [0.5, 0.6) is 0 Å². The molecular weight excluding hydrogens is 224 g/mol. The first-order valence-electron chi connectivity index (χ1n) is 5.03. The van der Waals surface area contributed by atoms with Gasteiger partial charge in [0, 0.05) is 13.2 Å². The lowest BCUT2D eigenvalue weighted by atomic mass is 10.3. The molecule has 0 radical (unpaired) electrons. The number of hydrogen-bond acceptors (Lipinski definition) is 4. The third kappa shape index (κ3) is 4.45. The number of ketones is 1. The van der Waals surface area contributed by atoms with Crippen LogP contribution in [-0.2, 0) is 20.9 Å². The Labute approximate surface area is 98.2 Å². The first-order valence-corrected chi connectivity index (χ1v) is 5.03. The zero-order chi connectivity index (χ0) is 12.8. The van der Waals surface area contributed by atoms with Crippen LogP contribution < -0.4 is 10.6 Å². The van der Waals surface area contributed by atoms with Crippen molar-refractivity contribution < 1.29 is 14.4 Å². The van der Waals surface area contributed by atoms with Gasteiger partial charge in [-0.15, -0.1) is 0 Å². The van der Waals surface area contributed by atoms with Crippen LogP contribution in [0.4, 0.5) is 5.69 Å². The summed E-state index contributed by atoms with van der Waals surface area (Å²) in [6, 6.07) is 0. The second kappa shape index (κ2) is 5.78. The van der Waals surface area contributed by atoms with Crippen molar-refractivity contribution in [2.45, 2.75) is 19.9 Å². The number of Topliss-reactive ketones (excluding diaryl/α,β-unsaturated/α-hetero) is 1. The van der Waals surface area contributed by atoms with Gasteiger partial charge in [0.15, 0.2) is 0 Å². The zero-order valence-corrected chi connectivity index (χ0v) is 9.69. The molecule has 0 aliphatic rings. The van der Waals surface area contributed by atoms with Crippen molar-refractivity contribution in [1.29, 1.82) is 0 Å². The van der Waals surface area contributed by atoms with Gasteiger partial charge in [-0.1, -0.05) is 0 Å². The SMILES string of the molecule is CNC(=O)Cn1cc(NC(=O)CC(C)=O)cn1. The quantitative estimate of drug-likeness (QED) is 0.679. The lowest BCUT2D eigenvalue weighted by molar-refractivity contribution is -0.124. The minimum absolute atomic E-state index is 0.0824. The highest BCUT2D eigenvalue weighted by Crippen LogP contribution is 2.05. The Bertz CT molecular complexity index is 439. The summed E-state index contributed by atoms with van der Waals surface area (Å²) in [5.41, 5.74) is 0.458. The number of nitrogens with zero attached hydrogens (tertiary/aromatic N) is 2. The van der Waals surface area contributed by atoms with Gasteiger partial charge in [0.2, 0.25) is 11.8 Å². The minimum atomic E-state index is -0.392. The van der Waals surface area contributed by atoms with E-state index in [1.165, 1.54) is 31.0 Å². The molecule has 2 N–H and O–H groups in total. The fraction of sp³-hybridized carbons (Fsp3) is 0.400. The van der Waals surface area contributed by atoms with Crippen molar-refractivity contribution in [1.82, 2.24) is 15.1 Å².